The third-order valence-corrected chi connectivity index (χ3v) is 7.23. The molecule has 2 aliphatic rings. The summed E-state index contributed by atoms with van der Waals surface area (Å²) in [4.78, 5) is 32.3. The van der Waals surface area contributed by atoms with Crippen LogP contribution in [0.15, 0.2) is 80.1 Å². The van der Waals surface area contributed by atoms with Crippen LogP contribution in [0.4, 0.5) is 0 Å². The largest absolute Gasteiger partial charge is 0.294 e. The molecule has 1 aliphatic carbocycles. The molecule has 1 aliphatic heterocycles. The van der Waals surface area contributed by atoms with Crippen LogP contribution < -0.4 is 14.9 Å². The van der Waals surface area contributed by atoms with Crippen molar-refractivity contribution in [1.29, 1.82) is 0 Å². The van der Waals surface area contributed by atoms with E-state index in [0.717, 1.165) is 27.7 Å². The molecule has 2 aromatic carbocycles. The molecule has 0 unspecified atom stereocenters. The van der Waals surface area contributed by atoms with Crippen molar-refractivity contribution in [2.24, 2.45) is 10.4 Å². The fourth-order valence-corrected chi connectivity index (χ4v) is 5.88. The maximum Gasteiger partial charge on any atom is 0.271 e. The number of aromatic nitrogens is 1. The molecule has 4 nitrogen and oxygen atoms in total. The molecule has 0 amide bonds. The minimum absolute atomic E-state index is 0.0881. The average Bonchev–Trinajstić information content (AvgIpc) is 3.01. The minimum Gasteiger partial charge on any atom is -0.294 e. The van der Waals surface area contributed by atoms with E-state index >= 15 is 0 Å². The number of allylic oxidation sites excluding steroid dienone is 2. The molecule has 5 rings (SSSR count). The third kappa shape index (κ3) is 3.68. The van der Waals surface area contributed by atoms with Crippen LogP contribution >= 0.6 is 27.3 Å². The zero-order chi connectivity index (χ0) is 21.8. The second kappa shape index (κ2) is 7.53. The van der Waals surface area contributed by atoms with Crippen LogP contribution in [0.3, 0.4) is 0 Å². The van der Waals surface area contributed by atoms with Crippen molar-refractivity contribution in [1.82, 2.24) is 4.57 Å². The fourth-order valence-electron chi connectivity index (χ4n) is 4.45. The molecule has 0 radical (unpaired) electrons. The molecular weight excluding hydrogens is 472 g/mol. The highest BCUT2D eigenvalue weighted by Crippen LogP contribution is 2.43. The highest BCUT2D eigenvalue weighted by molar-refractivity contribution is 9.10. The first kappa shape index (κ1) is 20.3. The van der Waals surface area contributed by atoms with Crippen LogP contribution in [-0.2, 0) is 4.79 Å². The van der Waals surface area contributed by atoms with Gasteiger partial charge in [0, 0.05) is 16.5 Å². The number of Topliss-reactive ketones (excluding diaryl/α,β-unsaturated/α-hetero) is 1. The molecule has 0 saturated heterocycles. The number of nitrogens with zero attached hydrogens (tertiary/aromatic N) is 2. The van der Waals surface area contributed by atoms with Gasteiger partial charge in [0.15, 0.2) is 10.6 Å². The molecule has 156 valence electrons. The molecule has 0 N–H and O–H groups in total. The predicted octanol–water partition coefficient (Wildman–Crippen LogP) is 4.37. The lowest BCUT2D eigenvalue weighted by atomic mass is 9.73. The van der Waals surface area contributed by atoms with Gasteiger partial charge < -0.3 is 0 Å². The number of carbonyl (C=O) groups is 1. The SMILES string of the molecule is CC1(C)CC(=O)C2=C(C1)N=c1s/c(=C/c3cccc(Br)c3)c(=O)n1[C@H]2c1ccccc1. The Hall–Kier alpha value is -2.57. The van der Waals surface area contributed by atoms with Gasteiger partial charge >= 0.3 is 0 Å². The van der Waals surface area contributed by atoms with E-state index < -0.39 is 6.04 Å². The van der Waals surface area contributed by atoms with Gasteiger partial charge in [-0.2, -0.15) is 0 Å². The lowest BCUT2D eigenvalue weighted by molar-refractivity contribution is -0.118. The third-order valence-electron chi connectivity index (χ3n) is 5.76. The van der Waals surface area contributed by atoms with Crippen LogP contribution in [-0.4, -0.2) is 10.4 Å². The molecule has 6 heteroatoms. The topological polar surface area (TPSA) is 51.4 Å². The Morgan fingerprint density at radius 3 is 2.61 bits per heavy atom. The van der Waals surface area contributed by atoms with E-state index in [1.165, 1.54) is 11.3 Å². The number of thiazole rings is 1. The number of ketones is 1. The first-order valence-electron chi connectivity index (χ1n) is 10.2. The Morgan fingerprint density at radius 1 is 1.10 bits per heavy atom. The van der Waals surface area contributed by atoms with Crippen LogP contribution in [0, 0.1) is 5.41 Å². The Morgan fingerprint density at radius 2 is 1.87 bits per heavy atom. The van der Waals surface area contributed by atoms with Crippen molar-refractivity contribution in [3.63, 3.8) is 0 Å². The maximum absolute atomic E-state index is 13.5. The van der Waals surface area contributed by atoms with Gasteiger partial charge in [0.2, 0.25) is 0 Å². The smallest absolute Gasteiger partial charge is 0.271 e. The molecule has 1 aromatic heterocycles. The summed E-state index contributed by atoms with van der Waals surface area (Å²) >= 11 is 4.87. The molecule has 1 atom stereocenters. The number of fused-ring (bicyclic) bond motifs is 1. The second-order valence-electron chi connectivity index (χ2n) is 8.85. The number of rotatable bonds is 2. The molecule has 0 saturated carbocycles. The van der Waals surface area contributed by atoms with E-state index in [0.29, 0.717) is 21.3 Å². The normalized spacial score (nSPS) is 20.3. The first-order chi connectivity index (χ1) is 14.8. The predicted molar refractivity (Wildman–Crippen MR) is 127 cm³/mol. The van der Waals surface area contributed by atoms with Crippen LogP contribution in [0.2, 0.25) is 0 Å². The highest BCUT2D eigenvalue weighted by Gasteiger charge is 2.40. The zero-order valence-corrected chi connectivity index (χ0v) is 19.7. The maximum atomic E-state index is 13.5. The number of hydrogen-bond donors (Lipinski definition) is 0. The van der Waals surface area contributed by atoms with Gasteiger partial charge in [0.1, 0.15) is 0 Å². The molecule has 2 heterocycles. The highest BCUT2D eigenvalue weighted by atomic mass is 79.9. The monoisotopic (exact) mass is 492 g/mol. The summed E-state index contributed by atoms with van der Waals surface area (Å²) in [6.45, 7) is 4.20. The molecule has 3 aromatic rings. The quantitative estimate of drug-likeness (QED) is 0.533. The summed E-state index contributed by atoms with van der Waals surface area (Å²) in [5.41, 5.74) is 3.13. The van der Waals surface area contributed by atoms with Crippen LogP contribution in [0.1, 0.15) is 43.9 Å². The van der Waals surface area contributed by atoms with Crippen molar-refractivity contribution in [3.05, 3.63) is 101 Å². The fraction of sp³-hybridized carbons (Fsp3) is 0.240. The Labute approximate surface area is 192 Å². The number of halogens is 1. The molecule has 0 spiro atoms. The second-order valence-corrected chi connectivity index (χ2v) is 10.8. The summed E-state index contributed by atoms with van der Waals surface area (Å²) in [6.07, 6.45) is 3.09. The van der Waals surface area contributed by atoms with E-state index in [-0.39, 0.29) is 16.8 Å². The van der Waals surface area contributed by atoms with E-state index in [9.17, 15) is 9.59 Å². The van der Waals surface area contributed by atoms with Crippen molar-refractivity contribution >= 4 is 39.1 Å². The van der Waals surface area contributed by atoms with Crippen molar-refractivity contribution in [3.8, 4) is 0 Å². The van der Waals surface area contributed by atoms with E-state index in [1.807, 2.05) is 60.7 Å². The Kier molecular flexibility index (Phi) is 4.94. The Balaban J connectivity index is 1.77. The zero-order valence-electron chi connectivity index (χ0n) is 17.3. The van der Waals surface area contributed by atoms with Crippen molar-refractivity contribution in [2.45, 2.75) is 32.7 Å². The number of hydrogen-bond acceptors (Lipinski definition) is 4. The van der Waals surface area contributed by atoms with Gasteiger partial charge in [-0.25, -0.2) is 4.99 Å². The van der Waals surface area contributed by atoms with Gasteiger partial charge in [0.05, 0.1) is 16.3 Å². The van der Waals surface area contributed by atoms with Gasteiger partial charge in [0.25, 0.3) is 5.56 Å². The molecular formula is C25H21BrN2O2S. The number of benzene rings is 2. The number of carbonyl (C=O) groups excluding carboxylic acids is 1. The first-order valence-corrected chi connectivity index (χ1v) is 11.8. The molecule has 0 bridgehead atoms. The summed E-state index contributed by atoms with van der Waals surface area (Å²) in [6, 6.07) is 17.2. The van der Waals surface area contributed by atoms with Crippen molar-refractivity contribution < 1.29 is 4.79 Å². The summed E-state index contributed by atoms with van der Waals surface area (Å²) in [5.74, 6) is 0.0881. The standard InChI is InChI=1S/C25H21BrN2O2S/c1-25(2)13-18-21(19(29)14-25)22(16-8-4-3-5-9-16)28-23(30)20(31-24(28)27-18)12-15-7-6-10-17(26)11-15/h3-12,22H,13-14H2,1-2H3/b20-12+/t22-/m0/s1. The van der Waals surface area contributed by atoms with Crippen LogP contribution in [0.5, 0.6) is 0 Å². The molecule has 0 fully saturated rings. The summed E-state index contributed by atoms with van der Waals surface area (Å²) in [5, 5.41) is 0. The molecule has 31 heavy (non-hydrogen) atoms. The van der Waals surface area contributed by atoms with E-state index in [1.54, 1.807) is 4.57 Å². The Bertz CT molecular complexity index is 1410. The minimum atomic E-state index is -0.430. The van der Waals surface area contributed by atoms with Crippen molar-refractivity contribution in [2.75, 3.05) is 0 Å². The van der Waals surface area contributed by atoms with Gasteiger partial charge in [-0.1, -0.05) is 83.6 Å². The summed E-state index contributed by atoms with van der Waals surface area (Å²) in [7, 11) is 0. The van der Waals surface area contributed by atoms with Gasteiger partial charge in [-0.05, 0) is 41.2 Å². The van der Waals surface area contributed by atoms with Crippen LogP contribution in [0.25, 0.3) is 6.08 Å². The lowest BCUT2D eigenvalue weighted by Gasteiger charge is -2.35. The van der Waals surface area contributed by atoms with Gasteiger partial charge in [-0.3, -0.25) is 14.2 Å². The van der Waals surface area contributed by atoms with E-state index in [2.05, 4.69) is 29.8 Å². The van der Waals surface area contributed by atoms with Gasteiger partial charge in [-0.15, -0.1) is 0 Å². The van der Waals surface area contributed by atoms with E-state index in [4.69, 9.17) is 4.99 Å². The lowest BCUT2D eigenvalue weighted by Crippen LogP contribution is -2.42. The average molecular weight is 493 g/mol. The summed E-state index contributed by atoms with van der Waals surface area (Å²) < 4.78 is 3.28.